The predicted octanol–water partition coefficient (Wildman–Crippen LogP) is 1.79. The fourth-order valence-electron chi connectivity index (χ4n) is 2.27. The molecule has 1 aromatic rings. The third kappa shape index (κ3) is 5.00. The first kappa shape index (κ1) is 18.5. The average molecular weight is 307 g/mol. The molecule has 0 aliphatic heterocycles. The molecule has 1 aromatic carbocycles. The monoisotopic (exact) mass is 307 g/mol. The van der Waals surface area contributed by atoms with E-state index in [1.807, 2.05) is 52.2 Å². The summed E-state index contributed by atoms with van der Waals surface area (Å²) in [5.41, 5.74) is 7.07. The largest absolute Gasteiger partial charge is 0.497 e. The van der Waals surface area contributed by atoms with Crippen LogP contribution < -0.4 is 15.8 Å². The van der Waals surface area contributed by atoms with E-state index in [4.69, 9.17) is 10.5 Å². The molecule has 5 heteroatoms. The maximum atomic E-state index is 12.1. The highest BCUT2D eigenvalue weighted by atomic mass is 16.5. The Balaban J connectivity index is 2.75. The van der Waals surface area contributed by atoms with Gasteiger partial charge in [0, 0.05) is 6.54 Å². The Bertz CT molecular complexity index is 477. The highest BCUT2D eigenvalue weighted by molar-refractivity contribution is 5.81. The first-order chi connectivity index (χ1) is 10.4. The van der Waals surface area contributed by atoms with Gasteiger partial charge in [-0.3, -0.25) is 4.79 Å². The molecule has 0 spiro atoms. The van der Waals surface area contributed by atoms with Crippen LogP contribution in [0.5, 0.6) is 5.75 Å². The predicted molar refractivity (Wildman–Crippen MR) is 89.9 cm³/mol. The minimum absolute atomic E-state index is 0.0724. The van der Waals surface area contributed by atoms with Crippen LogP contribution in [-0.2, 0) is 4.79 Å². The lowest BCUT2D eigenvalue weighted by atomic mass is 9.99. The molecule has 0 saturated heterocycles. The number of ether oxygens (including phenoxy) is 1. The van der Waals surface area contributed by atoms with Gasteiger partial charge in [-0.25, -0.2) is 0 Å². The second-order valence-electron chi connectivity index (χ2n) is 5.91. The second kappa shape index (κ2) is 8.76. The van der Waals surface area contributed by atoms with Crippen LogP contribution in [0.25, 0.3) is 0 Å². The van der Waals surface area contributed by atoms with Crippen molar-refractivity contribution in [2.75, 3.05) is 27.7 Å². The molecule has 124 valence electrons. The number of likely N-dealkylation sites (N-methyl/N-ethyl adjacent to an activating group) is 1. The van der Waals surface area contributed by atoms with E-state index in [0.717, 1.165) is 17.7 Å². The van der Waals surface area contributed by atoms with Crippen molar-refractivity contribution in [3.63, 3.8) is 0 Å². The lowest BCUT2D eigenvalue weighted by Crippen LogP contribution is -2.46. The van der Waals surface area contributed by atoms with Crippen LogP contribution >= 0.6 is 0 Å². The Hall–Kier alpha value is -1.59. The van der Waals surface area contributed by atoms with Gasteiger partial charge in [0.1, 0.15) is 5.75 Å². The Morgan fingerprint density at radius 1 is 1.41 bits per heavy atom. The number of amides is 1. The molecule has 0 radical (unpaired) electrons. The van der Waals surface area contributed by atoms with Crippen LogP contribution in [0.4, 0.5) is 0 Å². The minimum atomic E-state index is -0.460. The third-order valence-corrected chi connectivity index (χ3v) is 4.13. The number of nitrogens with one attached hydrogen (secondary N) is 1. The zero-order chi connectivity index (χ0) is 16.7. The Morgan fingerprint density at radius 3 is 2.64 bits per heavy atom. The molecule has 0 aromatic heterocycles. The number of benzene rings is 1. The smallest absolute Gasteiger partial charge is 0.237 e. The van der Waals surface area contributed by atoms with Crippen molar-refractivity contribution in [2.24, 2.45) is 11.7 Å². The van der Waals surface area contributed by atoms with E-state index in [9.17, 15) is 4.79 Å². The highest BCUT2D eigenvalue weighted by Crippen LogP contribution is 2.22. The van der Waals surface area contributed by atoms with Crippen molar-refractivity contribution in [3.05, 3.63) is 29.8 Å². The molecular weight excluding hydrogens is 278 g/mol. The molecular formula is C17H29N3O2. The quantitative estimate of drug-likeness (QED) is 0.768. The molecule has 22 heavy (non-hydrogen) atoms. The van der Waals surface area contributed by atoms with E-state index in [1.54, 1.807) is 7.11 Å². The number of rotatable bonds is 8. The van der Waals surface area contributed by atoms with E-state index >= 15 is 0 Å². The Morgan fingerprint density at radius 2 is 2.09 bits per heavy atom. The maximum absolute atomic E-state index is 12.1. The summed E-state index contributed by atoms with van der Waals surface area (Å²) >= 11 is 0. The van der Waals surface area contributed by atoms with E-state index < -0.39 is 6.04 Å². The van der Waals surface area contributed by atoms with E-state index in [0.29, 0.717) is 6.54 Å². The van der Waals surface area contributed by atoms with Crippen LogP contribution in [0.1, 0.15) is 31.9 Å². The van der Waals surface area contributed by atoms with Crippen molar-refractivity contribution in [2.45, 2.75) is 32.4 Å². The summed E-state index contributed by atoms with van der Waals surface area (Å²) in [4.78, 5) is 14.2. The average Bonchev–Trinajstić information content (AvgIpc) is 2.53. The van der Waals surface area contributed by atoms with Gasteiger partial charge in [0.2, 0.25) is 5.91 Å². The van der Waals surface area contributed by atoms with Gasteiger partial charge in [-0.1, -0.05) is 32.4 Å². The number of hydrogen-bond donors (Lipinski definition) is 2. The Kier molecular flexibility index (Phi) is 7.35. The van der Waals surface area contributed by atoms with Crippen LogP contribution in [-0.4, -0.2) is 44.6 Å². The van der Waals surface area contributed by atoms with Crippen molar-refractivity contribution >= 4 is 5.91 Å². The van der Waals surface area contributed by atoms with E-state index in [-0.39, 0.29) is 17.9 Å². The van der Waals surface area contributed by atoms with Crippen LogP contribution in [0, 0.1) is 5.92 Å². The van der Waals surface area contributed by atoms with Crippen molar-refractivity contribution in [1.82, 2.24) is 10.2 Å². The molecule has 0 heterocycles. The maximum Gasteiger partial charge on any atom is 0.237 e. The normalized spacial score (nSPS) is 15.2. The number of carbonyl (C=O) groups excluding carboxylic acids is 1. The number of carbonyl (C=O) groups is 1. The first-order valence-electron chi connectivity index (χ1n) is 7.74. The van der Waals surface area contributed by atoms with Crippen molar-refractivity contribution in [3.8, 4) is 5.75 Å². The molecule has 1 rings (SSSR count). The molecule has 3 atom stereocenters. The van der Waals surface area contributed by atoms with Crippen LogP contribution in [0.15, 0.2) is 24.3 Å². The van der Waals surface area contributed by atoms with Gasteiger partial charge in [0.05, 0.1) is 19.2 Å². The van der Waals surface area contributed by atoms with E-state index in [1.165, 1.54) is 0 Å². The van der Waals surface area contributed by atoms with Gasteiger partial charge in [-0.05, 0) is 37.7 Å². The summed E-state index contributed by atoms with van der Waals surface area (Å²) in [6, 6.07) is 7.51. The van der Waals surface area contributed by atoms with E-state index in [2.05, 4.69) is 10.2 Å². The zero-order valence-electron chi connectivity index (χ0n) is 14.3. The van der Waals surface area contributed by atoms with Gasteiger partial charge in [0.15, 0.2) is 0 Å². The molecule has 3 N–H and O–H groups in total. The van der Waals surface area contributed by atoms with Crippen molar-refractivity contribution < 1.29 is 9.53 Å². The SMILES string of the molecule is CCC(C)C(N)C(=O)NCC(c1cccc(OC)c1)N(C)C. The topological polar surface area (TPSA) is 67.6 Å². The van der Waals surface area contributed by atoms with Crippen LogP contribution in [0.2, 0.25) is 0 Å². The lowest BCUT2D eigenvalue weighted by Gasteiger charge is -2.26. The molecule has 3 unspecified atom stereocenters. The summed E-state index contributed by atoms with van der Waals surface area (Å²) in [5, 5.41) is 2.97. The molecule has 0 aliphatic rings. The first-order valence-corrected chi connectivity index (χ1v) is 7.74. The molecule has 0 saturated carbocycles. The fraction of sp³-hybridized carbons (Fsp3) is 0.588. The third-order valence-electron chi connectivity index (χ3n) is 4.13. The summed E-state index contributed by atoms with van der Waals surface area (Å²) in [6.07, 6.45) is 0.890. The second-order valence-corrected chi connectivity index (χ2v) is 5.91. The fourth-order valence-corrected chi connectivity index (χ4v) is 2.27. The highest BCUT2D eigenvalue weighted by Gasteiger charge is 2.21. The van der Waals surface area contributed by atoms with Crippen molar-refractivity contribution in [1.29, 1.82) is 0 Å². The number of nitrogens with zero attached hydrogens (tertiary/aromatic N) is 1. The van der Waals surface area contributed by atoms with Gasteiger partial charge >= 0.3 is 0 Å². The lowest BCUT2D eigenvalue weighted by molar-refractivity contribution is -0.123. The minimum Gasteiger partial charge on any atom is -0.497 e. The Labute approximate surface area is 133 Å². The zero-order valence-corrected chi connectivity index (χ0v) is 14.3. The van der Waals surface area contributed by atoms with Gasteiger partial charge in [0.25, 0.3) is 0 Å². The summed E-state index contributed by atoms with van der Waals surface area (Å²) < 4.78 is 5.27. The molecule has 0 bridgehead atoms. The number of hydrogen-bond acceptors (Lipinski definition) is 4. The molecule has 0 fully saturated rings. The molecule has 5 nitrogen and oxygen atoms in total. The van der Waals surface area contributed by atoms with Crippen LogP contribution in [0.3, 0.4) is 0 Å². The summed E-state index contributed by atoms with van der Waals surface area (Å²) in [6.45, 7) is 4.55. The molecule has 1 amide bonds. The van der Waals surface area contributed by atoms with Gasteiger partial charge in [-0.15, -0.1) is 0 Å². The number of methoxy groups -OCH3 is 1. The van der Waals surface area contributed by atoms with Gasteiger partial charge < -0.3 is 20.7 Å². The number of nitrogens with two attached hydrogens (primary N) is 1. The molecule has 0 aliphatic carbocycles. The summed E-state index contributed by atoms with van der Waals surface area (Å²) in [5.74, 6) is 0.894. The van der Waals surface area contributed by atoms with Gasteiger partial charge in [-0.2, -0.15) is 0 Å². The summed E-state index contributed by atoms with van der Waals surface area (Å²) in [7, 11) is 5.63. The standard InChI is InChI=1S/C17H29N3O2/c1-6-12(2)16(18)17(21)19-11-15(20(3)4)13-8-7-9-14(10-13)22-5/h7-10,12,15-16H,6,11,18H2,1-5H3,(H,19,21).